The van der Waals surface area contributed by atoms with Gasteiger partial charge in [-0.05, 0) is 42.7 Å². The summed E-state index contributed by atoms with van der Waals surface area (Å²) in [6.45, 7) is 1.86. The predicted octanol–water partition coefficient (Wildman–Crippen LogP) is 4.80. The molecule has 1 atom stereocenters. The molecule has 3 N–H and O–H groups in total. The van der Waals surface area contributed by atoms with Gasteiger partial charge in [0.2, 0.25) is 6.54 Å². The highest BCUT2D eigenvalue weighted by atomic mass is 35.5. The van der Waals surface area contributed by atoms with E-state index in [0.29, 0.717) is 54.1 Å². The Bertz CT molecular complexity index is 860. The van der Waals surface area contributed by atoms with Crippen molar-refractivity contribution in [3.63, 3.8) is 0 Å². The summed E-state index contributed by atoms with van der Waals surface area (Å²) in [7, 11) is 0. The zero-order chi connectivity index (χ0) is 24.1. The standard InChI is InChI=1S/C24H31Cl2NO6/c25-21-6-5-7-22(26)20(21)17-33-13-12-32-11-4-2-1-3-10-27(31)15-24(30)18-8-9-23(29)19(14-18)16-28/h5-9,14,24,28,30H,1-4,10-13,15-17H2/p+1/t24-/m0/s1. The third-order valence-electron chi connectivity index (χ3n) is 5.16. The van der Waals surface area contributed by atoms with Crippen molar-refractivity contribution in [2.45, 2.75) is 45.0 Å². The van der Waals surface area contributed by atoms with Crippen LogP contribution in [0.5, 0.6) is 5.75 Å². The Morgan fingerprint density at radius 3 is 2.36 bits per heavy atom. The molecule has 0 saturated heterocycles. The lowest BCUT2D eigenvalue weighted by atomic mass is 10.1. The van der Waals surface area contributed by atoms with Gasteiger partial charge in [-0.1, -0.05) is 41.8 Å². The van der Waals surface area contributed by atoms with Crippen LogP contribution in [0.25, 0.3) is 0 Å². The topological polar surface area (TPSA) is 99.2 Å². The van der Waals surface area contributed by atoms with E-state index in [1.165, 1.54) is 12.1 Å². The zero-order valence-electron chi connectivity index (χ0n) is 18.6. The Balaban J connectivity index is 1.47. The number of aliphatic hydroxyl groups is 2. The lowest BCUT2D eigenvalue weighted by Crippen LogP contribution is -2.18. The van der Waals surface area contributed by atoms with Gasteiger partial charge in [0.15, 0.2) is 6.54 Å². The van der Waals surface area contributed by atoms with Crippen LogP contribution >= 0.6 is 23.2 Å². The Morgan fingerprint density at radius 1 is 0.939 bits per heavy atom. The lowest BCUT2D eigenvalue weighted by Gasteiger charge is -2.09. The number of rotatable bonds is 16. The largest absolute Gasteiger partial charge is 0.508 e. The highest BCUT2D eigenvalue weighted by molar-refractivity contribution is 6.35. The van der Waals surface area contributed by atoms with Crippen LogP contribution in [0.3, 0.4) is 0 Å². The molecule has 0 aliphatic rings. The van der Waals surface area contributed by atoms with E-state index in [2.05, 4.69) is 0 Å². The SMILES string of the molecule is O=[N+](CCCCCCOCCOCc1c(Cl)cccc1Cl)C[C@H](O)c1ccc(O)c(CO)c1. The summed E-state index contributed by atoms with van der Waals surface area (Å²) >= 11 is 12.2. The summed E-state index contributed by atoms with van der Waals surface area (Å²) in [5.41, 5.74) is 1.59. The molecule has 0 aromatic heterocycles. The van der Waals surface area contributed by atoms with Crippen molar-refractivity contribution in [2.24, 2.45) is 0 Å². The number of halogens is 2. The number of nitroso groups, excluding NO2 is 1. The third-order valence-corrected chi connectivity index (χ3v) is 5.87. The maximum atomic E-state index is 12.0. The average molecular weight is 501 g/mol. The van der Waals surface area contributed by atoms with E-state index in [-0.39, 0.29) is 18.9 Å². The average Bonchev–Trinajstić information content (AvgIpc) is 2.79. The van der Waals surface area contributed by atoms with Crippen molar-refractivity contribution in [3.8, 4) is 5.75 Å². The maximum Gasteiger partial charge on any atom is 0.221 e. The minimum absolute atomic E-state index is 0.0362. The van der Waals surface area contributed by atoms with E-state index in [1.807, 2.05) is 0 Å². The van der Waals surface area contributed by atoms with Crippen LogP contribution in [0.15, 0.2) is 36.4 Å². The first kappa shape index (κ1) is 27.5. The smallest absolute Gasteiger partial charge is 0.221 e. The number of phenols is 1. The fraction of sp³-hybridized carbons (Fsp3) is 0.500. The first-order valence-electron chi connectivity index (χ1n) is 11.0. The number of ether oxygens (including phenoxy) is 2. The number of aromatic hydroxyl groups is 1. The fourth-order valence-electron chi connectivity index (χ4n) is 3.24. The first-order valence-corrected chi connectivity index (χ1v) is 11.8. The number of hydrogen-bond acceptors (Lipinski definition) is 6. The molecular weight excluding hydrogens is 469 g/mol. The van der Waals surface area contributed by atoms with Crippen LogP contribution in [-0.2, 0) is 22.7 Å². The number of aliphatic hydroxyl groups excluding tert-OH is 2. The van der Waals surface area contributed by atoms with Crippen LogP contribution in [-0.4, -0.2) is 53.0 Å². The number of unbranched alkanes of at least 4 members (excludes halogenated alkanes) is 3. The van der Waals surface area contributed by atoms with E-state index in [9.17, 15) is 20.2 Å². The van der Waals surface area contributed by atoms with Gasteiger partial charge in [-0.3, -0.25) is 0 Å². The number of nitrogens with zero attached hydrogens (tertiary/aromatic N) is 1. The predicted molar refractivity (Wildman–Crippen MR) is 128 cm³/mol. The molecule has 9 heteroatoms. The lowest BCUT2D eigenvalue weighted by molar-refractivity contribution is -0.558. The van der Waals surface area contributed by atoms with Gasteiger partial charge in [-0.25, -0.2) is 0 Å². The van der Waals surface area contributed by atoms with Crippen LogP contribution in [0.1, 0.15) is 48.5 Å². The molecule has 2 rings (SSSR count). The van der Waals surface area contributed by atoms with Crippen LogP contribution < -0.4 is 0 Å². The molecule has 0 amide bonds. The highest BCUT2D eigenvalue weighted by Gasteiger charge is 2.19. The summed E-state index contributed by atoms with van der Waals surface area (Å²) in [4.78, 5) is 12.0. The van der Waals surface area contributed by atoms with Crippen LogP contribution in [0.4, 0.5) is 0 Å². The van der Waals surface area contributed by atoms with Gasteiger partial charge in [-0.2, -0.15) is 0 Å². The van der Waals surface area contributed by atoms with Crippen molar-refractivity contribution in [1.82, 2.24) is 0 Å². The summed E-state index contributed by atoms with van der Waals surface area (Å²) < 4.78 is 12.0. The molecule has 182 valence electrons. The Hall–Kier alpha value is -1.74. The summed E-state index contributed by atoms with van der Waals surface area (Å²) in [5, 5.41) is 30.2. The van der Waals surface area contributed by atoms with Crippen molar-refractivity contribution >= 4 is 23.2 Å². The van der Waals surface area contributed by atoms with Gasteiger partial charge in [0, 0.05) is 43.9 Å². The van der Waals surface area contributed by atoms with Crippen molar-refractivity contribution in [3.05, 3.63) is 68.0 Å². The molecule has 0 bridgehead atoms. The molecule has 2 aromatic carbocycles. The van der Waals surface area contributed by atoms with E-state index in [0.717, 1.165) is 36.0 Å². The molecule has 0 heterocycles. The molecule has 2 aromatic rings. The minimum Gasteiger partial charge on any atom is -0.508 e. The maximum absolute atomic E-state index is 12.0. The highest BCUT2D eigenvalue weighted by Crippen LogP contribution is 2.25. The van der Waals surface area contributed by atoms with Gasteiger partial charge in [0.25, 0.3) is 0 Å². The number of benzene rings is 2. The normalized spacial score (nSPS) is 12.1. The third kappa shape index (κ3) is 9.96. The molecule has 0 aliphatic carbocycles. The van der Waals surface area contributed by atoms with Gasteiger partial charge < -0.3 is 24.8 Å². The molecule has 0 aliphatic heterocycles. The molecule has 0 spiro atoms. The second-order valence-electron chi connectivity index (χ2n) is 7.73. The Labute approximate surface area is 204 Å². The van der Waals surface area contributed by atoms with Crippen LogP contribution in [0, 0.1) is 4.91 Å². The molecule has 7 nitrogen and oxygen atoms in total. The molecule has 0 saturated carbocycles. The quantitative estimate of drug-likeness (QED) is 0.226. The van der Waals surface area contributed by atoms with Crippen molar-refractivity contribution < 1.29 is 29.6 Å². The Kier molecular flexibility index (Phi) is 12.7. The minimum atomic E-state index is -0.974. The molecule has 33 heavy (non-hydrogen) atoms. The molecule has 0 fully saturated rings. The van der Waals surface area contributed by atoms with E-state index < -0.39 is 6.10 Å². The first-order chi connectivity index (χ1) is 15.9. The van der Waals surface area contributed by atoms with E-state index in [1.54, 1.807) is 24.3 Å². The van der Waals surface area contributed by atoms with Gasteiger partial charge in [0.1, 0.15) is 11.9 Å². The number of hydrogen-bond donors (Lipinski definition) is 3. The summed E-state index contributed by atoms with van der Waals surface area (Å²) in [5.74, 6) is -0.0362. The second kappa shape index (κ2) is 15.2. The van der Waals surface area contributed by atoms with Crippen molar-refractivity contribution in [1.29, 1.82) is 0 Å². The van der Waals surface area contributed by atoms with E-state index in [4.69, 9.17) is 32.7 Å². The molecule has 0 unspecified atom stereocenters. The summed E-state index contributed by atoms with van der Waals surface area (Å²) in [6.07, 6.45) is 2.50. The van der Waals surface area contributed by atoms with E-state index >= 15 is 0 Å². The molecular formula is C24H32Cl2NO6+. The van der Waals surface area contributed by atoms with Crippen LogP contribution in [0.2, 0.25) is 10.0 Å². The molecule has 0 radical (unpaired) electrons. The Morgan fingerprint density at radius 2 is 1.64 bits per heavy atom. The summed E-state index contributed by atoms with van der Waals surface area (Å²) in [6, 6.07) is 9.80. The van der Waals surface area contributed by atoms with Crippen molar-refractivity contribution in [2.75, 3.05) is 32.9 Å². The second-order valence-corrected chi connectivity index (χ2v) is 8.54. The van der Waals surface area contributed by atoms with Gasteiger partial charge in [-0.15, -0.1) is 0 Å². The fourth-order valence-corrected chi connectivity index (χ4v) is 3.75. The monoisotopic (exact) mass is 500 g/mol. The van der Waals surface area contributed by atoms with Gasteiger partial charge >= 0.3 is 0 Å². The zero-order valence-corrected chi connectivity index (χ0v) is 20.1. The van der Waals surface area contributed by atoms with Gasteiger partial charge in [0.05, 0.1) is 26.4 Å².